The monoisotopic (exact) mass is 562 g/mol. The summed E-state index contributed by atoms with van der Waals surface area (Å²) in [7, 11) is 0. The smallest absolute Gasteiger partial charge is 0.353 e. The number of nitrogens with zero attached hydrogens (tertiary/aromatic N) is 3. The zero-order chi connectivity index (χ0) is 27.0. The molecule has 0 saturated carbocycles. The van der Waals surface area contributed by atoms with Crippen LogP contribution in [0.1, 0.15) is 34.6 Å². The summed E-state index contributed by atoms with van der Waals surface area (Å²) >= 11 is 8.07. The van der Waals surface area contributed by atoms with Crippen molar-refractivity contribution in [2.24, 2.45) is 5.16 Å². The number of carbonyl (C=O) groups is 4. The number of carboxylic acids is 1. The van der Waals surface area contributed by atoms with E-state index in [-0.39, 0.29) is 29.0 Å². The highest BCUT2D eigenvalue weighted by Gasteiger charge is 2.54. The first-order chi connectivity index (χ1) is 16.7. The zero-order valence-electron chi connectivity index (χ0n) is 20.2. The molecule has 3 aliphatic rings. The number of β-lactam (4-membered cyclic amide) rings is 1. The van der Waals surface area contributed by atoms with Gasteiger partial charge < -0.3 is 20.0 Å². The van der Waals surface area contributed by atoms with Gasteiger partial charge in [0, 0.05) is 11.6 Å². The first-order valence-electron chi connectivity index (χ1n) is 10.7. The molecule has 2 fully saturated rings. The lowest BCUT2D eigenvalue weighted by Gasteiger charge is -2.49. The predicted molar refractivity (Wildman–Crippen MR) is 134 cm³/mol. The van der Waals surface area contributed by atoms with E-state index in [9.17, 15) is 24.3 Å². The van der Waals surface area contributed by atoms with E-state index in [1.807, 2.05) is 0 Å². The summed E-state index contributed by atoms with van der Waals surface area (Å²) in [6.45, 7) is 7.93. The number of ether oxygens (including phenoxy) is 1. The van der Waals surface area contributed by atoms with E-state index >= 15 is 0 Å². The fourth-order valence-corrected chi connectivity index (χ4v) is 5.48. The third kappa shape index (κ3) is 5.90. The lowest BCUT2D eigenvalue weighted by Crippen LogP contribution is -2.71. The van der Waals surface area contributed by atoms with Gasteiger partial charge in [-0.2, -0.15) is 4.83 Å². The summed E-state index contributed by atoms with van der Waals surface area (Å²) in [6.07, 6.45) is 0. The van der Waals surface area contributed by atoms with Crippen molar-refractivity contribution >= 4 is 69.9 Å². The molecule has 3 rings (SSSR count). The third-order valence-corrected chi connectivity index (χ3v) is 7.34. The Morgan fingerprint density at radius 1 is 1.31 bits per heavy atom. The van der Waals surface area contributed by atoms with Crippen molar-refractivity contribution in [1.29, 1.82) is 5.41 Å². The molecule has 2 atom stereocenters. The lowest BCUT2D eigenvalue weighted by molar-refractivity contribution is -0.179. The molecule has 36 heavy (non-hydrogen) atoms. The van der Waals surface area contributed by atoms with Gasteiger partial charge in [0.1, 0.15) is 27.8 Å². The van der Waals surface area contributed by atoms with Crippen LogP contribution < -0.4 is 10.1 Å². The zero-order valence-corrected chi connectivity index (χ0v) is 22.6. The van der Waals surface area contributed by atoms with Crippen molar-refractivity contribution < 1.29 is 33.9 Å². The Labute approximate surface area is 220 Å². The molecule has 13 nitrogen and oxygen atoms in total. The molecule has 2 saturated heterocycles. The van der Waals surface area contributed by atoms with E-state index in [0.29, 0.717) is 11.3 Å². The van der Waals surface area contributed by atoms with Crippen LogP contribution in [0.15, 0.2) is 16.4 Å². The maximum atomic E-state index is 13.2. The maximum Gasteiger partial charge on any atom is 0.353 e. The fourth-order valence-electron chi connectivity index (χ4n) is 3.24. The predicted octanol–water partition coefficient (Wildman–Crippen LogP) is 0.860. The molecule has 0 aromatic heterocycles. The van der Waals surface area contributed by atoms with Crippen molar-refractivity contribution in [2.45, 2.75) is 57.2 Å². The van der Waals surface area contributed by atoms with Crippen molar-refractivity contribution in [1.82, 2.24) is 20.1 Å². The molecule has 0 aliphatic carbocycles. The maximum absolute atomic E-state index is 13.2. The van der Waals surface area contributed by atoms with E-state index in [0.717, 1.165) is 16.8 Å². The van der Waals surface area contributed by atoms with Crippen LogP contribution in [0.25, 0.3) is 0 Å². The molecule has 198 valence electrons. The Hall–Kier alpha value is -2.49. The summed E-state index contributed by atoms with van der Waals surface area (Å²) in [6, 6.07) is -1.02. The number of aliphatic carboxylic acids is 1. The van der Waals surface area contributed by atoms with E-state index in [1.165, 1.54) is 30.6 Å². The van der Waals surface area contributed by atoms with Crippen molar-refractivity contribution in [3.05, 3.63) is 11.3 Å². The molecule has 2 amide bonds. The standard InChI is InChI=1S/C20H27ClN6O7S2/c1-19(2,3)33-18(32)20(4,5)34-24-13(26-7-10(22)36-25-26)14(28)23-11-15(29)27-12(17(30)31)9(6-21)8-35-16(11)27/h11,16,22,25H,6-8H2,1-5H3,(H,23,28)(H,30,31)/t11?,16-/m0/s1. The largest absolute Gasteiger partial charge is 0.477 e. The highest BCUT2D eigenvalue weighted by Crippen LogP contribution is 2.40. The van der Waals surface area contributed by atoms with Gasteiger partial charge in [-0.3, -0.25) is 24.9 Å². The summed E-state index contributed by atoms with van der Waals surface area (Å²) in [5.41, 5.74) is -2.09. The van der Waals surface area contributed by atoms with Crippen LogP contribution in [-0.2, 0) is 28.8 Å². The molecule has 3 heterocycles. The summed E-state index contributed by atoms with van der Waals surface area (Å²) in [5.74, 6) is -3.47. The minimum absolute atomic E-state index is 0.0129. The lowest BCUT2D eigenvalue weighted by atomic mass is 10.0. The van der Waals surface area contributed by atoms with Crippen molar-refractivity contribution in [3.8, 4) is 0 Å². The van der Waals surface area contributed by atoms with Gasteiger partial charge in [0.25, 0.3) is 11.8 Å². The summed E-state index contributed by atoms with van der Waals surface area (Å²) < 4.78 is 5.33. The molecular weight excluding hydrogens is 536 g/mol. The van der Waals surface area contributed by atoms with Crippen LogP contribution >= 0.6 is 35.3 Å². The highest BCUT2D eigenvalue weighted by molar-refractivity contribution is 8.12. The number of amidine groups is 1. The van der Waals surface area contributed by atoms with Gasteiger partial charge in [-0.25, -0.2) is 9.59 Å². The summed E-state index contributed by atoms with van der Waals surface area (Å²) in [4.78, 5) is 59.4. The van der Waals surface area contributed by atoms with Crippen molar-refractivity contribution in [2.75, 3.05) is 18.2 Å². The first-order valence-corrected chi connectivity index (χ1v) is 13.1. The highest BCUT2D eigenvalue weighted by atomic mass is 35.5. The van der Waals surface area contributed by atoms with E-state index in [4.69, 9.17) is 26.6 Å². The molecule has 4 N–H and O–H groups in total. The second-order valence-corrected chi connectivity index (χ2v) is 11.7. The van der Waals surface area contributed by atoms with E-state index in [1.54, 1.807) is 20.8 Å². The molecule has 0 spiro atoms. The number of oxime groups is 1. The first kappa shape index (κ1) is 28.1. The SMILES string of the molecule is CC(C)(C)OC(=O)C(C)(C)ON=C(C(=O)NC1C(=O)N2C(C(=O)O)=C(CCl)CS[C@@H]12)N1CC(=N)SN1. The molecule has 3 aliphatic heterocycles. The molecule has 0 bridgehead atoms. The average molecular weight is 563 g/mol. The van der Waals surface area contributed by atoms with Crippen LogP contribution in [0.2, 0.25) is 0 Å². The second-order valence-electron chi connectivity index (χ2n) is 9.47. The quantitative estimate of drug-likeness (QED) is 0.0687. The van der Waals surface area contributed by atoms with Gasteiger partial charge in [-0.15, -0.1) is 23.4 Å². The number of esters is 1. The average Bonchev–Trinajstić information content (AvgIpc) is 3.20. The molecule has 0 radical (unpaired) electrons. The molecule has 0 aromatic carbocycles. The second kappa shape index (κ2) is 10.5. The van der Waals surface area contributed by atoms with Crippen molar-refractivity contribution in [3.63, 3.8) is 0 Å². The van der Waals surface area contributed by atoms with Crippen LogP contribution in [0.3, 0.4) is 0 Å². The van der Waals surface area contributed by atoms with Crippen LogP contribution in [0, 0.1) is 5.41 Å². The normalized spacial score (nSPS) is 22.8. The number of hydrogen-bond donors (Lipinski definition) is 4. The van der Waals surface area contributed by atoms with Gasteiger partial charge in [0.15, 0.2) is 0 Å². The number of hydrogen-bond acceptors (Lipinski definition) is 11. The topological polar surface area (TPSA) is 174 Å². The van der Waals surface area contributed by atoms with Gasteiger partial charge in [-0.05, 0) is 52.1 Å². The van der Waals surface area contributed by atoms with Gasteiger partial charge in [-0.1, -0.05) is 5.16 Å². The number of alkyl halides is 1. The van der Waals surface area contributed by atoms with E-state index < -0.39 is 46.4 Å². The molecular formula is C20H27ClN6O7S2. The fraction of sp³-hybridized carbons (Fsp3) is 0.600. The molecule has 16 heteroatoms. The number of carboxylic acid groups (broad SMARTS) is 1. The van der Waals surface area contributed by atoms with Gasteiger partial charge >= 0.3 is 11.9 Å². The van der Waals surface area contributed by atoms with Crippen LogP contribution in [0.4, 0.5) is 0 Å². The Kier molecular flexibility index (Phi) is 8.17. The Bertz CT molecular complexity index is 1060. The number of amides is 2. The number of fused-ring (bicyclic) bond motifs is 1. The number of nitrogens with one attached hydrogen (secondary N) is 3. The Balaban J connectivity index is 1.79. The Morgan fingerprint density at radius 3 is 2.50 bits per heavy atom. The number of rotatable bonds is 6. The summed E-state index contributed by atoms with van der Waals surface area (Å²) in [5, 5.41) is 24.6. The minimum atomic E-state index is -1.55. The van der Waals surface area contributed by atoms with Gasteiger partial charge in [0.2, 0.25) is 11.4 Å². The van der Waals surface area contributed by atoms with E-state index in [2.05, 4.69) is 15.3 Å². The number of halogens is 1. The van der Waals surface area contributed by atoms with Gasteiger partial charge in [0.05, 0.1) is 6.54 Å². The third-order valence-electron chi connectivity index (χ3n) is 4.99. The van der Waals surface area contributed by atoms with Crippen LogP contribution in [0.5, 0.6) is 0 Å². The Morgan fingerprint density at radius 2 is 1.97 bits per heavy atom. The van der Waals surface area contributed by atoms with Crippen LogP contribution in [-0.4, -0.2) is 90.4 Å². The molecule has 1 unspecified atom stereocenters. The number of hydrazine groups is 1. The minimum Gasteiger partial charge on any atom is -0.477 e. The number of thioether (sulfide) groups is 1. The molecule has 0 aromatic rings. The number of carbonyl (C=O) groups excluding carboxylic acids is 3.